The molecule has 0 bridgehead atoms. The number of carbonyl (C=O) groups excluding carboxylic acids is 3. The number of nitrogens with zero attached hydrogens (tertiary/aromatic N) is 2. The first-order valence-electron chi connectivity index (χ1n) is 8.35. The Labute approximate surface area is 156 Å². The van der Waals surface area contributed by atoms with Crippen LogP contribution in [-0.4, -0.2) is 47.1 Å². The highest BCUT2D eigenvalue weighted by molar-refractivity contribution is 6.31. The first-order chi connectivity index (χ1) is 12.3. The van der Waals surface area contributed by atoms with E-state index in [9.17, 15) is 14.4 Å². The zero-order valence-corrected chi connectivity index (χ0v) is 15.7. The number of aromatic amines is 1. The first kappa shape index (κ1) is 18.2. The van der Waals surface area contributed by atoms with Crippen molar-refractivity contribution in [1.29, 1.82) is 0 Å². The summed E-state index contributed by atoms with van der Waals surface area (Å²) >= 11 is 6.00. The van der Waals surface area contributed by atoms with E-state index in [0.717, 1.165) is 5.69 Å². The lowest BCUT2D eigenvalue weighted by Gasteiger charge is -2.34. The zero-order chi connectivity index (χ0) is 19.0. The predicted molar refractivity (Wildman–Crippen MR) is 100.0 cm³/mol. The van der Waals surface area contributed by atoms with E-state index in [1.54, 1.807) is 36.9 Å². The molecule has 2 aromatic rings. The summed E-state index contributed by atoms with van der Waals surface area (Å²) in [6.07, 6.45) is 0. The molecular formula is C19H20ClN3O3. The number of amides is 2. The summed E-state index contributed by atoms with van der Waals surface area (Å²) in [6, 6.07) is 7.09. The van der Waals surface area contributed by atoms with Gasteiger partial charge in [0.05, 0.1) is 11.3 Å². The Morgan fingerprint density at radius 1 is 1.19 bits per heavy atom. The van der Waals surface area contributed by atoms with Gasteiger partial charge in [0.15, 0.2) is 5.78 Å². The van der Waals surface area contributed by atoms with Crippen molar-refractivity contribution in [3.05, 3.63) is 51.8 Å². The number of hydrogen-bond donors (Lipinski definition) is 1. The summed E-state index contributed by atoms with van der Waals surface area (Å²) in [5.74, 6) is -0.515. The van der Waals surface area contributed by atoms with Crippen molar-refractivity contribution in [2.75, 3.05) is 24.5 Å². The molecule has 1 fully saturated rings. The lowest BCUT2D eigenvalue weighted by molar-refractivity contribution is -0.120. The third kappa shape index (κ3) is 3.24. The Bertz CT molecular complexity index is 903. The number of Topliss-reactive ketones (excluding diaryl/α,β-unsaturated/α-hetero) is 1. The van der Waals surface area contributed by atoms with Gasteiger partial charge in [-0.3, -0.25) is 14.4 Å². The second-order valence-electron chi connectivity index (χ2n) is 6.43. The molecule has 136 valence electrons. The Morgan fingerprint density at radius 3 is 2.50 bits per heavy atom. The molecule has 1 aromatic heterocycles. The summed E-state index contributed by atoms with van der Waals surface area (Å²) in [5, 5.41) is 0.559. The first-order valence-corrected chi connectivity index (χ1v) is 8.72. The van der Waals surface area contributed by atoms with Gasteiger partial charge >= 0.3 is 0 Å². The van der Waals surface area contributed by atoms with Crippen molar-refractivity contribution in [3.8, 4) is 0 Å². The third-order valence-electron chi connectivity index (χ3n) is 4.63. The summed E-state index contributed by atoms with van der Waals surface area (Å²) in [5.41, 5.74) is 2.91. The summed E-state index contributed by atoms with van der Waals surface area (Å²) < 4.78 is 0. The molecule has 1 N–H and O–H groups in total. The SMILES string of the molecule is CC(=O)c1[nH]c(C)c(C(=O)N2CCN(c3cccc(Cl)c3)C(=O)C2)c1C. The molecule has 1 saturated heterocycles. The number of halogens is 1. The van der Waals surface area contributed by atoms with Gasteiger partial charge in [0.1, 0.15) is 6.54 Å². The minimum absolute atomic E-state index is 0.00912. The quantitative estimate of drug-likeness (QED) is 0.840. The summed E-state index contributed by atoms with van der Waals surface area (Å²) in [7, 11) is 0. The standard InChI is InChI=1S/C19H20ClN3O3/c1-11-17(12(2)21-18(11)13(3)24)19(26)22-7-8-23(16(25)10-22)15-6-4-5-14(20)9-15/h4-6,9,21H,7-8,10H2,1-3H3. The summed E-state index contributed by atoms with van der Waals surface area (Å²) in [4.78, 5) is 43.3. The number of aromatic nitrogens is 1. The Kier molecular flexibility index (Phi) is 4.87. The number of carbonyl (C=O) groups is 3. The van der Waals surface area contributed by atoms with Crippen LogP contribution in [0.1, 0.15) is 39.0 Å². The largest absolute Gasteiger partial charge is 0.355 e. The molecule has 1 aliphatic rings. The highest BCUT2D eigenvalue weighted by atomic mass is 35.5. The van der Waals surface area contributed by atoms with E-state index in [4.69, 9.17) is 11.6 Å². The monoisotopic (exact) mass is 373 g/mol. The fourth-order valence-corrected chi connectivity index (χ4v) is 3.53. The maximum absolute atomic E-state index is 12.9. The van der Waals surface area contributed by atoms with Gasteiger partial charge in [-0.15, -0.1) is 0 Å². The molecule has 0 aliphatic carbocycles. The molecule has 3 rings (SSSR count). The maximum atomic E-state index is 12.9. The van der Waals surface area contributed by atoms with E-state index in [0.29, 0.717) is 40.6 Å². The smallest absolute Gasteiger partial charge is 0.256 e. The van der Waals surface area contributed by atoms with Gasteiger partial charge in [-0.1, -0.05) is 17.7 Å². The highest BCUT2D eigenvalue weighted by Crippen LogP contribution is 2.24. The van der Waals surface area contributed by atoms with Crippen LogP contribution in [0.25, 0.3) is 0 Å². The van der Waals surface area contributed by atoms with Gasteiger partial charge in [0.2, 0.25) is 5.91 Å². The molecule has 6 nitrogen and oxygen atoms in total. The number of hydrogen-bond acceptors (Lipinski definition) is 3. The van der Waals surface area contributed by atoms with Gasteiger partial charge in [0.25, 0.3) is 5.91 Å². The van der Waals surface area contributed by atoms with Crippen LogP contribution in [0, 0.1) is 13.8 Å². The van der Waals surface area contributed by atoms with E-state index >= 15 is 0 Å². The number of benzene rings is 1. The number of rotatable bonds is 3. The van der Waals surface area contributed by atoms with Crippen molar-refractivity contribution in [3.63, 3.8) is 0 Å². The van der Waals surface area contributed by atoms with E-state index in [2.05, 4.69) is 4.98 Å². The van der Waals surface area contributed by atoms with Crippen LogP contribution in [0.4, 0.5) is 5.69 Å². The fraction of sp³-hybridized carbons (Fsp3) is 0.316. The fourth-order valence-electron chi connectivity index (χ4n) is 3.34. The van der Waals surface area contributed by atoms with Gasteiger partial charge in [-0.05, 0) is 37.6 Å². The van der Waals surface area contributed by atoms with E-state index in [1.807, 2.05) is 6.07 Å². The molecule has 0 spiro atoms. The van der Waals surface area contributed by atoms with Crippen molar-refractivity contribution < 1.29 is 14.4 Å². The van der Waals surface area contributed by atoms with Crippen LogP contribution in [0.2, 0.25) is 5.02 Å². The van der Waals surface area contributed by atoms with Crippen molar-refractivity contribution in [1.82, 2.24) is 9.88 Å². The molecule has 7 heteroatoms. The van der Waals surface area contributed by atoms with Crippen LogP contribution in [0.5, 0.6) is 0 Å². The van der Waals surface area contributed by atoms with E-state index < -0.39 is 0 Å². The maximum Gasteiger partial charge on any atom is 0.256 e. The molecule has 1 aliphatic heterocycles. The number of anilines is 1. The van der Waals surface area contributed by atoms with Crippen LogP contribution in [-0.2, 0) is 4.79 Å². The average Bonchev–Trinajstić information content (AvgIpc) is 2.89. The highest BCUT2D eigenvalue weighted by Gasteiger charge is 2.31. The molecule has 0 radical (unpaired) electrons. The van der Waals surface area contributed by atoms with Crippen molar-refractivity contribution >= 4 is 34.9 Å². The van der Waals surface area contributed by atoms with Crippen LogP contribution in [0.3, 0.4) is 0 Å². The molecule has 26 heavy (non-hydrogen) atoms. The molecule has 0 atom stereocenters. The normalized spacial score (nSPS) is 14.7. The number of aryl methyl sites for hydroxylation is 1. The minimum atomic E-state index is -0.233. The Balaban J connectivity index is 1.80. The van der Waals surface area contributed by atoms with Crippen molar-refractivity contribution in [2.24, 2.45) is 0 Å². The van der Waals surface area contributed by atoms with Crippen LogP contribution < -0.4 is 4.90 Å². The summed E-state index contributed by atoms with van der Waals surface area (Å²) in [6.45, 7) is 5.77. The van der Waals surface area contributed by atoms with Gasteiger partial charge in [0, 0.05) is 36.4 Å². The third-order valence-corrected chi connectivity index (χ3v) is 4.87. The van der Waals surface area contributed by atoms with Gasteiger partial charge in [-0.25, -0.2) is 0 Å². The van der Waals surface area contributed by atoms with Crippen LogP contribution in [0.15, 0.2) is 24.3 Å². The minimum Gasteiger partial charge on any atom is -0.355 e. The number of ketones is 1. The zero-order valence-electron chi connectivity index (χ0n) is 14.9. The van der Waals surface area contributed by atoms with Crippen molar-refractivity contribution in [2.45, 2.75) is 20.8 Å². The average molecular weight is 374 g/mol. The van der Waals surface area contributed by atoms with E-state index in [-0.39, 0.29) is 24.1 Å². The molecule has 0 unspecified atom stereocenters. The molecule has 1 aromatic carbocycles. The van der Waals surface area contributed by atoms with Crippen LogP contribution >= 0.6 is 11.6 Å². The predicted octanol–water partition coefficient (Wildman–Crippen LogP) is 2.98. The van der Waals surface area contributed by atoms with E-state index in [1.165, 1.54) is 11.8 Å². The lowest BCUT2D eigenvalue weighted by Crippen LogP contribution is -2.52. The molecule has 0 saturated carbocycles. The number of H-pyrrole nitrogens is 1. The number of piperazine rings is 1. The second kappa shape index (κ2) is 6.96. The molecule has 2 heterocycles. The topological polar surface area (TPSA) is 73.5 Å². The van der Waals surface area contributed by atoms with Gasteiger partial charge in [-0.2, -0.15) is 0 Å². The molecule has 2 amide bonds. The van der Waals surface area contributed by atoms with Gasteiger partial charge < -0.3 is 14.8 Å². The lowest BCUT2D eigenvalue weighted by atomic mass is 10.1. The Hall–Kier alpha value is -2.60. The Morgan fingerprint density at radius 2 is 1.92 bits per heavy atom. The second-order valence-corrected chi connectivity index (χ2v) is 6.87. The number of nitrogens with one attached hydrogen (secondary N) is 1. The molecular weight excluding hydrogens is 354 g/mol.